The van der Waals surface area contributed by atoms with Crippen molar-refractivity contribution in [3.05, 3.63) is 223 Å². The summed E-state index contributed by atoms with van der Waals surface area (Å²) in [4.78, 5) is 4.58. The number of para-hydroxylation sites is 2. The molecule has 9 aromatic rings. The van der Waals surface area contributed by atoms with E-state index in [1.165, 1.54) is 10.8 Å². The van der Waals surface area contributed by atoms with Gasteiger partial charge in [-0.25, -0.2) is 0 Å². The average molecular weight is 995 g/mol. The molecule has 0 aliphatic carbocycles. The van der Waals surface area contributed by atoms with E-state index in [0.717, 1.165) is 91.6 Å². The van der Waals surface area contributed by atoms with Crippen molar-refractivity contribution in [1.29, 1.82) is 0 Å². The van der Waals surface area contributed by atoms with Crippen LogP contribution in [0.4, 0.5) is 0 Å². The predicted octanol–water partition coefficient (Wildman–Crippen LogP) is 13.0. The SMILES string of the molecule is Cc1cc(CCN(CCN(C)C)Cc2cc(C)cc(-n3c4ccccc4c4ccccc43)c2O)c(O)c(-c2cccc3ccccc23)c1.[CH2-]c1ccccc1.[CH2-]c1ccccc1.[Hf+4]. The summed E-state index contributed by atoms with van der Waals surface area (Å²) in [7, 11) is 4.18. The summed E-state index contributed by atoms with van der Waals surface area (Å²) in [5, 5.41) is 28.3. The molecule has 5 nitrogen and oxygen atoms in total. The second-order valence-corrected chi connectivity index (χ2v) is 16.3. The molecule has 1 aromatic heterocycles. The van der Waals surface area contributed by atoms with Crippen molar-refractivity contribution in [2.24, 2.45) is 0 Å². The standard InChI is InChI=1S/C43H43N3O2.2C7H7.Hf/c1-29-24-32(42(47)38(26-29)35-17-11-13-31-12-5-6-14-34(31)35)20-21-45(23-22-44(3)4)28-33-25-30(2)27-41(43(33)48)46-39-18-9-7-15-36(39)37-16-8-10-19-40(37)46;2*1-7-5-3-2-4-6-7;/h5-19,24-27,47-48H,20-23,28H2,1-4H3;2*2-6H,1H2;/q;2*-1;+4. The first kappa shape index (κ1) is 46.5. The summed E-state index contributed by atoms with van der Waals surface area (Å²) in [5.41, 5.74) is 11.1. The second kappa shape index (κ2) is 21.8. The molecule has 314 valence electrons. The molecular formula is C57H57HfN3O2+2. The topological polar surface area (TPSA) is 51.9 Å². The second-order valence-electron chi connectivity index (χ2n) is 16.3. The van der Waals surface area contributed by atoms with E-state index in [1.54, 1.807) is 0 Å². The van der Waals surface area contributed by atoms with Crippen LogP contribution in [-0.2, 0) is 38.8 Å². The van der Waals surface area contributed by atoms with Crippen molar-refractivity contribution in [2.45, 2.75) is 26.8 Å². The molecule has 0 aliphatic rings. The fourth-order valence-electron chi connectivity index (χ4n) is 8.10. The van der Waals surface area contributed by atoms with Crippen LogP contribution in [0.1, 0.15) is 33.4 Å². The van der Waals surface area contributed by atoms with Crippen LogP contribution in [-0.4, -0.2) is 58.3 Å². The number of likely N-dealkylation sites (N-methyl/N-ethyl adjacent to an activating group) is 1. The molecule has 0 saturated heterocycles. The fourth-order valence-corrected chi connectivity index (χ4v) is 8.10. The van der Waals surface area contributed by atoms with Gasteiger partial charge in [0.1, 0.15) is 11.5 Å². The van der Waals surface area contributed by atoms with Gasteiger partial charge >= 0.3 is 25.8 Å². The Hall–Kier alpha value is -6.05. The Bertz CT molecular complexity index is 2790. The number of aromatic nitrogens is 1. The van der Waals surface area contributed by atoms with Crippen molar-refractivity contribution in [3.8, 4) is 28.3 Å². The van der Waals surface area contributed by atoms with Gasteiger partial charge in [-0.05, 0) is 91.7 Å². The van der Waals surface area contributed by atoms with Crippen LogP contribution >= 0.6 is 0 Å². The minimum atomic E-state index is 0. The normalized spacial score (nSPS) is 11.0. The molecular weight excluding hydrogens is 937 g/mol. The number of benzene rings is 8. The minimum absolute atomic E-state index is 0. The van der Waals surface area contributed by atoms with Gasteiger partial charge in [0.05, 0.1) is 16.7 Å². The molecule has 1 heterocycles. The van der Waals surface area contributed by atoms with Crippen LogP contribution in [0, 0.1) is 27.7 Å². The molecule has 0 amide bonds. The number of rotatable bonds is 10. The number of phenolic OH excluding ortho intramolecular Hbond substituents is 2. The quantitative estimate of drug-likeness (QED) is 0.106. The van der Waals surface area contributed by atoms with Gasteiger partial charge in [0.15, 0.2) is 0 Å². The fraction of sp³-hybridized carbons (Fsp3) is 0.158. The predicted molar refractivity (Wildman–Crippen MR) is 262 cm³/mol. The van der Waals surface area contributed by atoms with E-state index >= 15 is 0 Å². The molecule has 2 N–H and O–H groups in total. The first-order chi connectivity index (χ1) is 30.1. The van der Waals surface area contributed by atoms with Gasteiger partial charge in [-0.2, -0.15) is 49.2 Å². The van der Waals surface area contributed by atoms with Gasteiger partial charge in [0.2, 0.25) is 0 Å². The van der Waals surface area contributed by atoms with Crippen molar-refractivity contribution in [2.75, 3.05) is 33.7 Å². The van der Waals surface area contributed by atoms with Crippen LogP contribution in [0.3, 0.4) is 0 Å². The first-order valence-electron chi connectivity index (χ1n) is 21.3. The zero-order chi connectivity index (χ0) is 43.6. The van der Waals surface area contributed by atoms with Gasteiger partial charge in [-0.15, -0.1) is 24.3 Å². The monoisotopic (exact) mass is 995 g/mol. The number of aromatic hydroxyl groups is 2. The Morgan fingerprint density at radius 2 is 1.00 bits per heavy atom. The van der Waals surface area contributed by atoms with Gasteiger partial charge in [-0.1, -0.05) is 103 Å². The molecule has 0 radical (unpaired) electrons. The summed E-state index contributed by atoms with van der Waals surface area (Å²) in [6.45, 7) is 14.7. The third kappa shape index (κ3) is 11.5. The van der Waals surface area contributed by atoms with Crippen LogP contribution in [0.15, 0.2) is 176 Å². The van der Waals surface area contributed by atoms with E-state index in [9.17, 15) is 10.2 Å². The molecule has 0 bridgehead atoms. The smallest absolute Gasteiger partial charge is 0.507 e. The third-order valence-corrected chi connectivity index (χ3v) is 11.2. The van der Waals surface area contributed by atoms with Gasteiger partial charge in [0, 0.05) is 48.1 Å². The van der Waals surface area contributed by atoms with Gasteiger partial charge in [0.25, 0.3) is 0 Å². The molecule has 63 heavy (non-hydrogen) atoms. The van der Waals surface area contributed by atoms with Crippen LogP contribution in [0.5, 0.6) is 11.5 Å². The van der Waals surface area contributed by atoms with E-state index in [2.05, 4.69) is 165 Å². The molecule has 8 aromatic carbocycles. The van der Waals surface area contributed by atoms with Crippen molar-refractivity contribution >= 4 is 32.6 Å². The molecule has 6 heteroatoms. The van der Waals surface area contributed by atoms with Crippen molar-refractivity contribution in [1.82, 2.24) is 14.4 Å². The van der Waals surface area contributed by atoms with Gasteiger partial charge < -0.3 is 19.7 Å². The molecule has 0 aliphatic heterocycles. The van der Waals surface area contributed by atoms with E-state index in [0.29, 0.717) is 24.5 Å². The van der Waals surface area contributed by atoms with E-state index in [-0.39, 0.29) is 25.8 Å². The summed E-state index contributed by atoms with van der Waals surface area (Å²) in [6.07, 6.45) is 0.686. The van der Waals surface area contributed by atoms with Crippen LogP contribution < -0.4 is 0 Å². The Kier molecular flexibility index (Phi) is 16.1. The molecule has 9 rings (SSSR count). The van der Waals surface area contributed by atoms with E-state index in [4.69, 9.17) is 0 Å². The average Bonchev–Trinajstić information content (AvgIpc) is 3.61. The number of nitrogens with zero attached hydrogens (tertiary/aromatic N) is 3. The first-order valence-corrected chi connectivity index (χ1v) is 21.3. The zero-order valence-corrected chi connectivity index (χ0v) is 40.5. The Morgan fingerprint density at radius 1 is 0.492 bits per heavy atom. The maximum atomic E-state index is 11.9. The maximum Gasteiger partial charge on any atom is 4.00 e. The maximum absolute atomic E-state index is 11.9. The van der Waals surface area contributed by atoms with E-state index in [1.807, 2.05) is 66.7 Å². The minimum Gasteiger partial charge on any atom is -0.507 e. The zero-order valence-electron chi connectivity index (χ0n) is 36.9. The Balaban J connectivity index is 0.000000374. The van der Waals surface area contributed by atoms with Gasteiger partial charge in [-0.3, -0.25) is 4.90 Å². The van der Waals surface area contributed by atoms with Crippen molar-refractivity contribution < 1.29 is 36.1 Å². The number of aryl methyl sites for hydroxylation is 2. The number of hydrogen-bond acceptors (Lipinski definition) is 4. The molecule has 0 unspecified atom stereocenters. The molecule has 0 spiro atoms. The number of phenols is 2. The Morgan fingerprint density at radius 3 is 1.57 bits per heavy atom. The largest absolute Gasteiger partial charge is 4.00 e. The van der Waals surface area contributed by atoms with Crippen LogP contribution in [0.2, 0.25) is 0 Å². The molecule has 0 atom stereocenters. The van der Waals surface area contributed by atoms with Crippen molar-refractivity contribution in [3.63, 3.8) is 0 Å². The molecule has 0 saturated carbocycles. The summed E-state index contributed by atoms with van der Waals surface area (Å²) in [6, 6.07) is 59.6. The summed E-state index contributed by atoms with van der Waals surface area (Å²) >= 11 is 0. The Labute approximate surface area is 392 Å². The van der Waals surface area contributed by atoms with E-state index < -0.39 is 0 Å². The number of fused-ring (bicyclic) bond motifs is 4. The van der Waals surface area contributed by atoms with Crippen LogP contribution in [0.25, 0.3) is 49.4 Å². The summed E-state index contributed by atoms with van der Waals surface area (Å²) in [5.74, 6) is 0.648. The summed E-state index contributed by atoms with van der Waals surface area (Å²) < 4.78 is 2.19. The number of hydrogen-bond donors (Lipinski definition) is 2. The molecule has 0 fully saturated rings. The third-order valence-electron chi connectivity index (χ3n) is 11.2.